The van der Waals surface area contributed by atoms with Crippen LogP contribution in [0.4, 0.5) is 0 Å². The monoisotopic (exact) mass is 236 g/mol. The first-order valence-electron chi connectivity index (χ1n) is 5.64. The second kappa shape index (κ2) is 4.61. The van der Waals surface area contributed by atoms with Gasteiger partial charge in [0.25, 0.3) is 11.5 Å². The van der Waals surface area contributed by atoms with Crippen LogP contribution >= 0.6 is 0 Å². The normalized spacial score (nSPS) is 14.5. The molecule has 2 rings (SSSR count). The van der Waals surface area contributed by atoms with E-state index in [1.807, 2.05) is 0 Å². The number of nitrogens with one attached hydrogen (secondary N) is 1. The molecule has 0 bridgehead atoms. The minimum Gasteiger partial charge on any atom is -0.496 e. The maximum Gasteiger partial charge on any atom is 0.256 e. The summed E-state index contributed by atoms with van der Waals surface area (Å²) < 4.78 is 6.42. The molecule has 1 aliphatic carbocycles. The molecule has 1 fully saturated rings. The second-order valence-electron chi connectivity index (χ2n) is 4.36. The largest absolute Gasteiger partial charge is 0.496 e. The fraction of sp³-hybridized carbons (Fsp3) is 0.500. The van der Waals surface area contributed by atoms with Crippen molar-refractivity contribution >= 4 is 5.91 Å². The summed E-state index contributed by atoms with van der Waals surface area (Å²) in [4.78, 5) is 23.3. The molecule has 1 aliphatic rings. The Morgan fingerprint density at radius 2 is 2.29 bits per heavy atom. The van der Waals surface area contributed by atoms with E-state index in [1.54, 1.807) is 7.05 Å². The summed E-state index contributed by atoms with van der Waals surface area (Å²) in [6, 6.07) is 1.33. The van der Waals surface area contributed by atoms with Gasteiger partial charge in [0.05, 0.1) is 12.7 Å². The van der Waals surface area contributed by atoms with Crippen LogP contribution in [0.25, 0.3) is 0 Å². The van der Waals surface area contributed by atoms with Gasteiger partial charge in [0.15, 0.2) is 0 Å². The number of hydrogen-bond acceptors (Lipinski definition) is 3. The molecule has 17 heavy (non-hydrogen) atoms. The Kier molecular flexibility index (Phi) is 3.17. The van der Waals surface area contributed by atoms with Gasteiger partial charge in [0.2, 0.25) is 0 Å². The molecule has 0 saturated heterocycles. The van der Waals surface area contributed by atoms with Crippen LogP contribution in [0.15, 0.2) is 17.1 Å². The maximum atomic E-state index is 11.9. The first kappa shape index (κ1) is 11.7. The number of ether oxygens (including phenoxy) is 1. The summed E-state index contributed by atoms with van der Waals surface area (Å²) in [6.07, 6.45) is 3.87. The van der Waals surface area contributed by atoms with Crippen LogP contribution in [-0.4, -0.2) is 24.1 Å². The molecule has 0 unspecified atom stereocenters. The SMILES string of the molecule is COc1cc(=O)n(C)cc1C(=O)NCC1CC1. The third-order valence-electron chi connectivity index (χ3n) is 2.90. The smallest absolute Gasteiger partial charge is 0.256 e. The molecule has 1 aromatic heterocycles. The summed E-state index contributed by atoms with van der Waals surface area (Å²) in [5, 5.41) is 2.85. The average Bonchev–Trinajstić information content (AvgIpc) is 3.13. The standard InChI is InChI=1S/C12H16N2O3/c1-14-7-9(10(17-2)5-11(14)15)12(16)13-6-8-3-4-8/h5,7-8H,3-4,6H2,1-2H3,(H,13,16). The van der Waals surface area contributed by atoms with E-state index >= 15 is 0 Å². The number of aryl methyl sites for hydroxylation is 1. The fourth-order valence-corrected chi connectivity index (χ4v) is 1.61. The number of rotatable bonds is 4. The predicted octanol–water partition coefficient (Wildman–Crippen LogP) is 0.534. The van der Waals surface area contributed by atoms with E-state index in [9.17, 15) is 9.59 Å². The van der Waals surface area contributed by atoms with Crippen molar-refractivity contribution in [3.8, 4) is 5.75 Å². The number of aromatic nitrogens is 1. The van der Waals surface area contributed by atoms with Crippen LogP contribution in [0.3, 0.4) is 0 Å². The average molecular weight is 236 g/mol. The van der Waals surface area contributed by atoms with Crippen LogP contribution in [-0.2, 0) is 7.05 Å². The molecule has 0 aromatic carbocycles. The van der Waals surface area contributed by atoms with Crippen molar-refractivity contribution < 1.29 is 9.53 Å². The van der Waals surface area contributed by atoms with E-state index in [0.717, 1.165) is 0 Å². The van der Waals surface area contributed by atoms with Gasteiger partial charge in [-0.05, 0) is 18.8 Å². The fourth-order valence-electron chi connectivity index (χ4n) is 1.61. The van der Waals surface area contributed by atoms with E-state index in [1.165, 1.54) is 36.8 Å². The van der Waals surface area contributed by atoms with Gasteiger partial charge >= 0.3 is 0 Å². The molecule has 0 spiro atoms. The van der Waals surface area contributed by atoms with Gasteiger partial charge in [-0.2, -0.15) is 0 Å². The second-order valence-corrected chi connectivity index (χ2v) is 4.36. The summed E-state index contributed by atoms with van der Waals surface area (Å²) >= 11 is 0. The molecule has 0 aliphatic heterocycles. The number of carbonyl (C=O) groups excluding carboxylic acids is 1. The van der Waals surface area contributed by atoms with Crippen LogP contribution < -0.4 is 15.6 Å². The van der Waals surface area contributed by atoms with Crippen molar-refractivity contribution in [2.75, 3.05) is 13.7 Å². The van der Waals surface area contributed by atoms with Gasteiger partial charge in [0, 0.05) is 25.9 Å². The van der Waals surface area contributed by atoms with Crippen molar-refractivity contribution in [1.29, 1.82) is 0 Å². The molecule has 1 saturated carbocycles. The lowest BCUT2D eigenvalue weighted by molar-refractivity contribution is 0.0948. The third-order valence-corrected chi connectivity index (χ3v) is 2.90. The Bertz CT molecular complexity index is 489. The lowest BCUT2D eigenvalue weighted by atomic mass is 10.2. The Morgan fingerprint density at radius 1 is 1.59 bits per heavy atom. The summed E-state index contributed by atoms with van der Waals surface area (Å²) in [5.41, 5.74) is 0.204. The number of nitrogens with zero attached hydrogens (tertiary/aromatic N) is 1. The van der Waals surface area contributed by atoms with Gasteiger partial charge in [-0.15, -0.1) is 0 Å². The molecule has 1 heterocycles. The molecule has 1 amide bonds. The van der Waals surface area contributed by atoms with Gasteiger partial charge < -0.3 is 14.6 Å². The van der Waals surface area contributed by atoms with E-state index in [2.05, 4.69) is 5.32 Å². The number of pyridine rings is 1. The van der Waals surface area contributed by atoms with Gasteiger partial charge in [0.1, 0.15) is 5.75 Å². The van der Waals surface area contributed by atoms with Crippen LogP contribution in [0, 0.1) is 5.92 Å². The predicted molar refractivity (Wildman–Crippen MR) is 63.3 cm³/mol. The van der Waals surface area contributed by atoms with E-state index in [4.69, 9.17) is 4.74 Å². The number of carbonyl (C=O) groups is 1. The maximum absolute atomic E-state index is 11.9. The van der Waals surface area contributed by atoms with E-state index in [-0.39, 0.29) is 11.5 Å². The zero-order valence-electron chi connectivity index (χ0n) is 10.0. The van der Waals surface area contributed by atoms with Crippen molar-refractivity contribution in [2.24, 2.45) is 13.0 Å². The highest BCUT2D eigenvalue weighted by molar-refractivity contribution is 5.96. The van der Waals surface area contributed by atoms with Gasteiger partial charge in [-0.25, -0.2) is 0 Å². The molecular formula is C12H16N2O3. The minimum absolute atomic E-state index is 0.190. The first-order chi connectivity index (χ1) is 8.11. The van der Waals surface area contributed by atoms with Gasteiger partial charge in [-0.3, -0.25) is 9.59 Å². The molecular weight excluding hydrogens is 220 g/mol. The third kappa shape index (κ3) is 2.67. The minimum atomic E-state index is -0.194. The van der Waals surface area contributed by atoms with Crippen LogP contribution in [0.5, 0.6) is 5.75 Å². The molecule has 5 heteroatoms. The Balaban J connectivity index is 2.19. The van der Waals surface area contributed by atoms with E-state index in [0.29, 0.717) is 23.8 Å². The van der Waals surface area contributed by atoms with Crippen molar-refractivity contribution in [3.05, 3.63) is 28.2 Å². The topological polar surface area (TPSA) is 60.3 Å². The van der Waals surface area contributed by atoms with Crippen LogP contribution in [0.1, 0.15) is 23.2 Å². The molecule has 0 radical (unpaired) electrons. The highest BCUT2D eigenvalue weighted by Crippen LogP contribution is 2.27. The lowest BCUT2D eigenvalue weighted by Crippen LogP contribution is -2.28. The zero-order chi connectivity index (χ0) is 12.4. The summed E-state index contributed by atoms with van der Waals surface area (Å²) in [7, 11) is 3.06. The Morgan fingerprint density at radius 3 is 2.88 bits per heavy atom. The summed E-state index contributed by atoms with van der Waals surface area (Å²) in [6.45, 7) is 0.699. The van der Waals surface area contributed by atoms with Crippen molar-refractivity contribution in [2.45, 2.75) is 12.8 Å². The van der Waals surface area contributed by atoms with Gasteiger partial charge in [-0.1, -0.05) is 0 Å². The molecule has 5 nitrogen and oxygen atoms in total. The number of amides is 1. The summed E-state index contributed by atoms with van der Waals surface area (Å²) in [5.74, 6) is 0.753. The molecule has 92 valence electrons. The highest BCUT2D eigenvalue weighted by Gasteiger charge is 2.23. The lowest BCUT2D eigenvalue weighted by Gasteiger charge is -2.10. The first-order valence-corrected chi connectivity index (χ1v) is 5.64. The van der Waals surface area contributed by atoms with Crippen LogP contribution in [0.2, 0.25) is 0 Å². The quantitative estimate of drug-likeness (QED) is 0.829. The molecule has 1 aromatic rings. The molecule has 0 atom stereocenters. The van der Waals surface area contributed by atoms with Crippen molar-refractivity contribution in [3.63, 3.8) is 0 Å². The number of methoxy groups -OCH3 is 1. The Labute approximate surface area is 99.4 Å². The number of hydrogen-bond donors (Lipinski definition) is 1. The zero-order valence-corrected chi connectivity index (χ0v) is 10.0. The molecule has 1 N–H and O–H groups in total. The Hall–Kier alpha value is -1.78. The van der Waals surface area contributed by atoms with Crippen molar-refractivity contribution in [1.82, 2.24) is 9.88 Å². The van der Waals surface area contributed by atoms with E-state index < -0.39 is 0 Å². The highest BCUT2D eigenvalue weighted by atomic mass is 16.5.